The third-order valence-corrected chi connectivity index (χ3v) is 4.90. The molecule has 0 aliphatic rings. The number of carbonyl (C=O) groups is 1. The molecule has 0 aliphatic heterocycles. The second-order valence-electron chi connectivity index (χ2n) is 7.50. The second kappa shape index (κ2) is 21.3. The molecule has 0 aromatic carbocycles. The van der Waals surface area contributed by atoms with Crippen LogP contribution >= 0.6 is 0 Å². The van der Waals surface area contributed by atoms with Crippen LogP contribution in [0.25, 0.3) is 0 Å². The molecule has 0 bridgehead atoms. The van der Waals surface area contributed by atoms with E-state index in [2.05, 4.69) is 19.1 Å². The molecule has 0 heterocycles. The molecular weight excluding hydrogens is 308 g/mol. The van der Waals surface area contributed by atoms with Crippen LogP contribution in [0.3, 0.4) is 0 Å². The van der Waals surface area contributed by atoms with Gasteiger partial charge in [-0.15, -0.1) is 0 Å². The van der Waals surface area contributed by atoms with E-state index in [-0.39, 0.29) is 0 Å². The molecule has 0 saturated carbocycles. The number of carboxylic acid groups (broad SMARTS) is 1. The van der Waals surface area contributed by atoms with Crippen LogP contribution in [0, 0.1) is 0 Å². The van der Waals surface area contributed by atoms with Gasteiger partial charge in [-0.25, -0.2) is 0 Å². The van der Waals surface area contributed by atoms with Crippen molar-refractivity contribution in [3.8, 4) is 0 Å². The van der Waals surface area contributed by atoms with Gasteiger partial charge in [-0.2, -0.15) is 0 Å². The zero-order valence-corrected chi connectivity index (χ0v) is 16.9. The predicted octanol–water partition coefficient (Wildman–Crippen LogP) is 8.06. The van der Waals surface area contributed by atoms with Gasteiger partial charge in [0.1, 0.15) is 0 Å². The molecule has 0 spiro atoms. The number of hydrogen-bond donors (Lipinski definition) is 1. The topological polar surface area (TPSA) is 37.3 Å². The van der Waals surface area contributed by atoms with E-state index < -0.39 is 5.97 Å². The molecule has 0 atom stereocenters. The van der Waals surface area contributed by atoms with Crippen LogP contribution in [-0.4, -0.2) is 11.1 Å². The van der Waals surface area contributed by atoms with Gasteiger partial charge in [0.2, 0.25) is 0 Å². The lowest BCUT2D eigenvalue weighted by molar-refractivity contribution is -0.137. The molecular formula is C23H44O2. The average Bonchev–Trinajstić information content (AvgIpc) is 2.60. The van der Waals surface area contributed by atoms with Gasteiger partial charge in [-0.05, 0) is 25.7 Å². The maximum absolute atomic E-state index is 10.4. The Balaban J connectivity index is 3.03. The van der Waals surface area contributed by atoms with E-state index in [9.17, 15) is 4.79 Å². The Morgan fingerprint density at radius 1 is 0.600 bits per heavy atom. The van der Waals surface area contributed by atoms with Crippen LogP contribution in [0.2, 0.25) is 0 Å². The molecule has 1 N–H and O–H groups in total. The van der Waals surface area contributed by atoms with Crippen molar-refractivity contribution in [2.75, 3.05) is 0 Å². The molecule has 0 rings (SSSR count). The molecule has 0 unspecified atom stereocenters. The largest absolute Gasteiger partial charge is 0.481 e. The Bertz CT molecular complexity index is 296. The monoisotopic (exact) mass is 352 g/mol. The summed E-state index contributed by atoms with van der Waals surface area (Å²) in [5.74, 6) is -0.653. The van der Waals surface area contributed by atoms with E-state index in [0.29, 0.717) is 6.42 Å². The summed E-state index contributed by atoms with van der Waals surface area (Å²) in [6.07, 6.45) is 28.6. The first kappa shape index (κ1) is 24.2. The van der Waals surface area contributed by atoms with E-state index >= 15 is 0 Å². The van der Waals surface area contributed by atoms with Gasteiger partial charge < -0.3 is 5.11 Å². The Labute approximate surface area is 157 Å². The number of aliphatic carboxylic acids is 1. The molecule has 0 saturated heterocycles. The smallest absolute Gasteiger partial charge is 0.303 e. The molecule has 0 fully saturated rings. The minimum atomic E-state index is -0.653. The standard InChI is InChI=1S/C23H44O2/c1-2-3-4-5-6-7-8-9-10-11-12-13-14-15-16-17-18-19-20-21-22-23(24)25/h5-6H,2-4,7-22H2,1H3,(H,24,25). The summed E-state index contributed by atoms with van der Waals surface area (Å²) in [6.45, 7) is 2.25. The van der Waals surface area contributed by atoms with Gasteiger partial charge in [0.05, 0.1) is 0 Å². The summed E-state index contributed by atoms with van der Waals surface area (Å²) in [4.78, 5) is 10.4. The Morgan fingerprint density at radius 2 is 0.960 bits per heavy atom. The zero-order valence-electron chi connectivity index (χ0n) is 16.9. The summed E-state index contributed by atoms with van der Waals surface area (Å²) in [6, 6.07) is 0. The van der Waals surface area contributed by atoms with Crippen LogP contribution in [0.4, 0.5) is 0 Å². The highest BCUT2D eigenvalue weighted by molar-refractivity contribution is 5.66. The fourth-order valence-corrected chi connectivity index (χ4v) is 3.22. The highest BCUT2D eigenvalue weighted by Gasteiger charge is 1.97. The number of rotatable bonds is 20. The van der Waals surface area contributed by atoms with Crippen LogP contribution < -0.4 is 0 Å². The van der Waals surface area contributed by atoms with Gasteiger partial charge in [0, 0.05) is 6.42 Å². The Hall–Kier alpha value is -0.790. The summed E-state index contributed by atoms with van der Waals surface area (Å²) in [5.41, 5.74) is 0. The third kappa shape index (κ3) is 23.2. The van der Waals surface area contributed by atoms with E-state index in [1.165, 1.54) is 103 Å². The lowest BCUT2D eigenvalue weighted by atomic mass is 10.0. The minimum Gasteiger partial charge on any atom is -0.481 e. The molecule has 2 nitrogen and oxygen atoms in total. The van der Waals surface area contributed by atoms with E-state index in [4.69, 9.17) is 5.11 Å². The van der Waals surface area contributed by atoms with Crippen LogP contribution in [-0.2, 0) is 4.79 Å². The van der Waals surface area contributed by atoms with Crippen molar-refractivity contribution in [3.63, 3.8) is 0 Å². The van der Waals surface area contributed by atoms with Crippen LogP contribution in [0.1, 0.15) is 129 Å². The maximum atomic E-state index is 10.4. The van der Waals surface area contributed by atoms with Gasteiger partial charge in [0.25, 0.3) is 0 Å². The SMILES string of the molecule is CCCCC=CCCCCCCCCCCCCCCCCC(=O)O. The van der Waals surface area contributed by atoms with Crippen molar-refractivity contribution in [2.24, 2.45) is 0 Å². The number of allylic oxidation sites excluding steroid dienone is 2. The number of carboxylic acids is 1. The number of hydrogen-bond acceptors (Lipinski definition) is 1. The first-order valence-corrected chi connectivity index (χ1v) is 11.1. The normalized spacial score (nSPS) is 11.4. The first-order valence-electron chi connectivity index (χ1n) is 11.1. The van der Waals surface area contributed by atoms with Crippen molar-refractivity contribution >= 4 is 5.97 Å². The molecule has 0 aromatic rings. The zero-order chi connectivity index (χ0) is 18.4. The second-order valence-corrected chi connectivity index (χ2v) is 7.50. The van der Waals surface area contributed by atoms with Crippen molar-refractivity contribution < 1.29 is 9.90 Å². The van der Waals surface area contributed by atoms with Gasteiger partial charge in [-0.3, -0.25) is 4.79 Å². The molecule has 2 heteroatoms. The molecule has 0 amide bonds. The summed E-state index contributed by atoms with van der Waals surface area (Å²) < 4.78 is 0. The number of unbranched alkanes of at least 4 members (excludes halogenated alkanes) is 16. The maximum Gasteiger partial charge on any atom is 0.303 e. The van der Waals surface area contributed by atoms with E-state index in [1.54, 1.807) is 0 Å². The molecule has 0 aromatic heterocycles. The molecule has 148 valence electrons. The fraction of sp³-hybridized carbons (Fsp3) is 0.870. The summed E-state index contributed by atoms with van der Waals surface area (Å²) in [5, 5.41) is 8.56. The predicted molar refractivity (Wildman–Crippen MR) is 110 cm³/mol. The molecule has 0 radical (unpaired) electrons. The van der Waals surface area contributed by atoms with Crippen molar-refractivity contribution in [1.82, 2.24) is 0 Å². The van der Waals surface area contributed by atoms with E-state index in [1.807, 2.05) is 0 Å². The van der Waals surface area contributed by atoms with E-state index in [0.717, 1.165) is 12.8 Å². The lowest BCUT2D eigenvalue weighted by Gasteiger charge is -2.03. The van der Waals surface area contributed by atoms with Crippen molar-refractivity contribution in [1.29, 1.82) is 0 Å². The molecule has 0 aliphatic carbocycles. The molecule has 25 heavy (non-hydrogen) atoms. The first-order chi connectivity index (χ1) is 12.3. The lowest BCUT2D eigenvalue weighted by Crippen LogP contribution is -1.93. The van der Waals surface area contributed by atoms with Gasteiger partial charge in [-0.1, -0.05) is 109 Å². The summed E-state index contributed by atoms with van der Waals surface area (Å²) >= 11 is 0. The quantitative estimate of drug-likeness (QED) is 0.178. The van der Waals surface area contributed by atoms with Crippen molar-refractivity contribution in [2.45, 2.75) is 129 Å². The Morgan fingerprint density at radius 3 is 1.36 bits per heavy atom. The highest BCUT2D eigenvalue weighted by atomic mass is 16.4. The fourth-order valence-electron chi connectivity index (χ4n) is 3.22. The van der Waals surface area contributed by atoms with Crippen molar-refractivity contribution in [3.05, 3.63) is 12.2 Å². The Kier molecular flexibility index (Phi) is 20.6. The van der Waals surface area contributed by atoms with Crippen LogP contribution in [0.5, 0.6) is 0 Å². The summed E-state index contributed by atoms with van der Waals surface area (Å²) in [7, 11) is 0. The van der Waals surface area contributed by atoms with Gasteiger partial charge in [0.15, 0.2) is 0 Å². The van der Waals surface area contributed by atoms with Crippen LogP contribution in [0.15, 0.2) is 12.2 Å². The average molecular weight is 353 g/mol. The van der Waals surface area contributed by atoms with Gasteiger partial charge >= 0.3 is 5.97 Å². The third-order valence-electron chi connectivity index (χ3n) is 4.90. The highest BCUT2D eigenvalue weighted by Crippen LogP contribution is 2.13. The minimum absolute atomic E-state index is 0.343.